The summed E-state index contributed by atoms with van der Waals surface area (Å²) in [5.41, 5.74) is 0.0407. The number of amides is 2. The number of carbonyl (C=O) groups is 2. The lowest BCUT2D eigenvalue weighted by atomic mass is 9.82. The molecule has 0 bridgehead atoms. The first kappa shape index (κ1) is 15.8. The Bertz CT molecular complexity index is 314. The Kier molecular flexibility index (Phi) is 6.08. The number of carboxylic acid groups (broad SMARTS) is 1. The third-order valence-corrected chi connectivity index (χ3v) is 3.56. The van der Waals surface area contributed by atoms with Gasteiger partial charge >= 0.3 is 12.0 Å². The second kappa shape index (κ2) is 7.33. The highest BCUT2D eigenvalue weighted by atomic mass is 16.5. The number of carboxylic acids is 1. The third kappa shape index (κ3) is 5.46. The van der Waals surface area contributed by atoms with Gasteiger partial charge in [0.2, 0.25) is 0 Å². The van der Waals surface area contributed by atoms with Gasteiger partial charge in [-0.25, -0.2) is 9.59 Å². The minimum atomic E-state index is -0.991. The molecule has 1 saturated heterocycles. The predicted molar refractivity (Wildman–Crippen MR) is 71.0 cm³/mol. The molecule has 1 fully saturated rings. The van der Waals surface area contributed by atoms with E-state index in [1.807, 2.05) is 6.92 Å². The van der Waals surface area contributed by atoms with Crippen molar-refractivity contribution >= 4 is 12.0 Å². The highest BCUT2D eigenvalue weighted by molar-refractivity contribution is 5.82. The van der Waals surface area contributed by atoms with Crippen molar-refractivity contribution in [3.8, 4) is 0 Å². The highest BCUT2D eigenvalue weighted by Gasteiger charge is 2.28. The van der Waals surface area contributed by atoms with Crippen LogP contribution in [-0.4, -0.2) is 42.9 Å². The van der Waals surface area contributed by atoms with E-state index < -0.39 is 18.0 Å². The molecule has 0 aromatic heterocycles. The Balaban J connectivity index is 2.35. The molecule has 0 spiro atoms. The summed E-state index contributed by atoms with van der Waals surface area (Å²) in [6, 6.07) is -1.22. The van der Waals surface area contributed by atoms with Gasteiger partial charge in [-0.05, 0) is 24.7 Å². The van der Waals surface area contributed by atoms with Crippen LogP contribution in [0.4, 0.5) is 4.79 Å². The largest absolute Gasteiger partial charge is 0.480 e. The second-order valence-electron chi connectivity index (χ2n) is 5.43. The fraction of sp³-hybridized carbons (Fsp3) is 0.846. The van der Waals surface area contributed by atoms with Crippen LogP contribution in [0.25, 0.3) is 0 Å². The summed E-state index contributed by atoms with van der Waals surface area (Å²) < 4.78 is 5.29. The lowest BCUT2D eigenvalue weighted by Crippen LogP contribution is -2.49. The lowest BCUT2D eigenvalue weighted by molar-refractivity contribution is -0.139. The number of nitrogens with one attached hydrogen (secondary N) is 2. The van der Waals surface area contributed by atoms with Crippen LogP contribution in [0, 0.1) is 5.41 Å². The van der Waals surface area contributed by atoms with Crippen LogP contribution in [0.2, 0.25) is 0 Å². The van der Waals surface area contributed by atoms with Crippen LogP contribution in [0.3, 0.4) is 0 Å². The molecule has 0 aliphatic carbocycles. The summed E-state index contributed by atoms with van der Waals surface area (Å²) in [6.45, 7) is 5.97. The maximum Gasteiger partial charge on any atom is 0.326 e. The Morgan fingerprint density at radius 1 is 1.37 bits per heavy atom. The summed E-state index contributed by atoms with van der Waals surface area (Å²) >= 11 is 0. The first-order chi connectivity index (χ1) is 8.97. The van der Waals surface area contributed by atoms with E-state index in [0.717, 1.165) is 12.8 Å². The van der Waals surface area contributed by atoms with Crippen molar-refractivity contribution in [3.05, 3.63) is 0 Å². The fourth-order valence-electron chi connectivity index (χ4n) is 2.09. The molecule has 19 heavy (non-hydrogen) atoms. The smallest absolute Gasteiger partial charge is 0.326 e. The number of hydrogen-bond acceptors (Lipinski definition) is 3. The quantitative estimate of drug-likeness (QED) is 0.681. The highest BCUT2D eigenvalue weighted by Crippen LogP contribution is 2.28. The van der Waals surface area contributed by atoms with E-state index in [-0.39, 0.29) is 5.41 Å². The van der Waals surface area contributed by atoms with Crippen LogP contribution < -0.4 is 10.6 Å². The van der Waals surface area contributed by atoms with Gasteiger partial charge in [0.05, 0.1) is 0 Å². The van der Waals surface area contributed by atoms with Gasteiger partial charge in [-0.15, -0.1) is 0 Å². The topological polar surface area (TPSA) is 87.7 Å². The summed E-state index contributed by atoms with van der Waals surface area (Å²) in [7, 11) is 0. The van der Waals surface area contributed by atoms with E-state index in [1.165, 1.54) is 0 Å². The maximum absolute atomic E-state index is 11.7. The zero-order valence-corrected chi connectivity index (χ0v) is 11.7. The van der Waals surface area contributed by atoms with Gasteiger partial charge in [0.25, 0.3) is 0 Å². The molecule has 1 aliphatic rings. The van der Waals surface area contributed by atoms with E-state index in [0.29, 0.717) is 32.6 Å². The van der Waals surface area contributed by atoms with Gasteiger partial charge in [-0.2, -0.15) is 0 Å². The summed E-state index contributed by atoms with van der Waals surface area (Å²) in [5.74, 6) is -0.991. The Hall–Kier alpha value is -1.30. The molecule has 110 valence electrons. The molecule has 6 nitrogen and oxygen atoms in total. The van der Waals surface area contributed by atoms with Crippen molar-refractivity contribution in [3.63, 3.8) is 0 Å². The maximum atomic E-state index is 11.7. The van der Waals surface area contributed by atoms with Gasteiger partial charge in [0.15, 0.2) is 0 Å². The number of hydrogen-bond donors (Lipinski definition) is 3. The Labute approximate surface area is 113 Å². The van der Waals surface area contributed by atoms with Gasteiger partial charge < -0.3 is 20.5 Å². The summed E-state index contributed by atoms with van der Waals surface area (Å²) in [6.07, 6.45) is 2.97. The standard InChI is InChI=1S/C13H24N2O4/c1-3-4-10(11(16)17)15-12(18)14-9-13(2)5-7-19-8-6-13/h10H,3-9H2,1-2H3,(H,16,17)(H2,14,15,18). The van der Waals surface area contributed by atoms with Crippen molar-refractivity contribution < 1.29 is 19.4 Å². The molecule has 0 radical (unpaired) electrons. The molecule has 0 saturated carbocycles. The Morgan fingerprint density at radius 2 is 2.00 bits per heavy atom. The average molecular weight is 272 g/mol. The molecule has 6 heteroatoms. The van der Waals surface area contributed by atoms with Crippen molar-refractivity contribution in [1.29, 1.82) is 0 Å². The molecule has 1 unspecified atom stereocenters. The van der Waals surface area contributed by atoms with Crippen molar-refractivity contribution in [1.82, 2.24) is 10.6 Å². The normalized spacial score (nSPS) is 19.5. The molecular weight excluding hydrogens is 248 g/mol. The number of urea groups is 1. The van der Waals surface area contributed by atoms with E-state index in [4.69, 9.17) is 9.84 Å². The molecule has 0 aromatic rings. The molecule has 1 heterocycles. The molecule has 1 rings (SSSR count). The van der Waals surface area contributed by atoms with E-state index in [1.54, 1.807) is 0 Å². The Morgan fingerprint density at radius 3 is 2.53 bits per heavy atom. The molecule has 1 atom stereocenters. The second-order valence-corrected chi connectivity index (χ2v) is 5.43. The van der Waals surface area contributed by atoms with E-state index in [9.17, 15) is 9.59 Å². The first-order valence-corrected chi connectivity index (χ1v) is 6.82. The zero-order chi connectivity index (χ0) is 14.3. The summed E-state index contributed by atoms with van der Waals surface area (Å²) in [5, 5.41) is 14.2. The number of carbonyl (C=O) groups excluding carboxylic acids is 1. The van der Waals surface area contributed by atoms with Gasteiger partial charge in [0, 0.05) is 19.8 Å². The summed E-state index contributed by atoms with van der Waals surface area (Å²) in [4.78, 5) is 22.6. The van der Waals surface area contributed by atoms with Crippen LogP contribution in [0.1, 0.15) is 39.5 Å². The molecular formula is C13H24N2O4. The molecule has 2 amide bonds. The van der Waals surface area contributed by atoms with Gasteiger partial charge in [-0.1, -0.05) is 20.3 Å². The molecule has 0 aromatic carbocycles. The van der Waals surface area contributed by atoms with E-state index >= 15 is 0 Å². The van der Waals surface area contributed by atoms with Crippen molar-refractivity contribution in [2.45, 2.75) is 45.6 Å². The first-order valence-electron chi connectivity index (χ1n) is 6.82. The lowest BCUT2D eigenvalue weighted by Gasteiger charge is -2.33. The number of ether oxygens (including phenoxy) is 1. The van der Waals surface area contributed by atoms with Crippen LogP contribution in [0.5, 0.6) is 0 Å². The minimum absolute atomic E-state index is 0.0407. The monoisotopic (exact) mass is 272 g/mol. The zero-order valence-electron chi connectivity index (χ0n) is 11.7. The van der Waals surface area contributed by atoms with Gasteiger partial charge in [0.1, 0.15) is 6.04 Å². The van der Waals surface area contributed by atoms with Crippen LogP contribution in [0.15, 0.2) is 0 Å². The average Bonchev–Trinajstić information content (AvgIpc) is 2.37. The third-order valence-electron chi connectivity index (χ3n) is 3.56. The van der Waals surface area contributed by atoms with Crippen LogP contribution in [-0.2, 0) is 9.53 Å². The SMILES string of the molecule is CCCC(NC(=O)NCC1(C)CCOCC1)C(=O)O. The molecule has 3 N–H and O–H groups in total. The molecule has 1 aliphatic heterocycles. The van der Waals surface area contributed by atoms with Gasteiger partial charge in [-0.3, -0.25) is 0 Å². The predicted octanol–water partition coefficient (Wildman–Crippen LogP) is 1.36. The van der Waals surface area contributed by atoms with E-state index in [2.05, 4.69) is 17.6 Å². The number of rotatable bonds is 6. The number of aliphatic carboxylic acids is 1. The van der Waals surface area contributed by atoms with Crippen molar-refractivity contribution in [2.75, 3.05) is 19.8 Å². The minimum Gasteiger partial charge on any atom is -0.480 e. The van der Waals surface area contributed by atoms with Crippen molar-refractivity contribution in [2.24, 2.45) is 5.41 Å². The van der Waals surface area contributed by atoms with Crippen LogP contribution >= 0.6 is 0 Å². The fourth-order valence-corrected chi connectivity index (χ4v) is 2.09.